The van der Waals surface area contributed by atoms with Gasteiger partial charge in [-0.25, -0.2) is 4.99 Å². The number of carbonyl (C=O) groups is 2. The van der Waals surface area contributed by atoms with Crippen LogP contribution in [0.1, 0.15) is 46.0 Å². The number of fused-ring (bicyclic) bond motifs is 1. The van der Waals surface area contributed by atoms with Crippen LogP contribution in [0.4, 0.5) is 5.69 Å². The van der Waals surface area contributed by atoms with Gasteiger partial charge in [0.2, 0.25) is 0 Å². The van der Waals surface area contributed by atoms with Crippen LogP contribution >= 0.6 is 11.6 Å². The summed E-state index contributed by atoms with van der Waals surface area (Å²) in [6, 6.07) is 6.65. The molecule has 1 fully saturated rings. The number of aliphatic imine (C=N–C) groups is 1. The van der Waals surface area contributed by atoms with E-state index >= 15 is 0 Å². The molecule has 1 unspecified atom stereocenters. The molecule has 30 heavy (non-hydrogen) atoms. The van der Waals surface area contributed by atoms with Crippen molar-refractivity contribution in [2.75, 3.05) is 19.6 Å². The van der Waals surface area contributed by atoms with E-state index < -0.39 is 5.56 Å². The standard InChI is InChI=1S/C21H22ClN5O3/c1-12-3-2-8-26(12)9-10-27-20(29)14-5-4-13(11-15(14)21(27)30)25-18(23)17-16(22)6-7-24-19(17)28/h4-7,11-12H,2-3,8-10H2,1H3,(H2,23,25)(H,24,28). The second-order valence-corrected chi connectivity index (χ2v) is 7.95. The molecule has 0 radical (unpaired) electrons. The number of nitrogens with two attached hydrogens (primary N) is 1. The normalized spacial score (nSPS) is 19.6. The maximum Gasteiger partial charge on any atom is 0.261 e. The molecule has 4 rings (SSSR count). The quantitative estimate of drug-likeness (QED) is 0.431. The van der Waals surface area contributed by atoms with Crippen molar-refractivity contribution in [3.8, 4) is 0 Å². The molecular weight excluding hydrogens is 406 g/mol. The molecule has 3 N–H and O–H groups in total. The number of nitrogens with zero attached hydrogens (tertiary/aromatic N) is 3. The van der Waals surface area contributed by atoms with Crippen molar-refractivity contribution < 1.29 is 9.59 Å². The van der Waals surface area contributed by atoms with Gasteiger partial charge in [-0.05, 0) is 50.6 Å². The molecule has 2 aliphatic rings. The lowest BCUT2D eigenvalue weighted by Gasteiger charge is -2.23. The van der Waals surface area contributed by atoms with E-state index in [2.05, 4.69) is 21.8 Å². The first kappa shape index (κ1) is 20.3. The summed E-state index contributed by atoms with van der Waals surface area (Å²) in [6.45, 7) is 4.17. The fourth-order valence-corrected chi connectivity index (χ4v) is 4.24. The highest BCUT2D eigenvalue weighted by atomic mass is 35.5. The molecule has 8 nitrogen and oxygen atoms in total. The van der Waals surface area contributed by atoms with Gasteiger partial charge in [-0.1, -0.05) is 11.6 Å². The lowest BCUT2D eigenvalue weighted by molar-refractivity contribution is 0.0634. The van der Waals surface area contributed by atoms with E-state index in [0.29, 0.717) is 30.4 Å². The van der Waals surface area contributed by atoms with E-state index in [4.69, 9.17) is 17.3 Å². The Kier molecular flexibility index (Phi) is 5.44. The van der Waals surface area contributed by atoms with Crippen molar-refractivity contribution in [1.29, 1.82) is 0 Å². The van der Waals surface area contributed by atoms with Gasteiger partial charge in [0.15, 0.2) is 0 Å². The fourth-order valence-electron chi connectivity index (χ4n) is 3.99. The second kappa shape index (κ2) is 8.04. The van der Waals surface area contributed by atoms with Gasteiger partial charge in [-0.2, -0.15) is 0 Å². The van der Waals surface area contributed by atoms with E-state index in [0.717, 1.165) is 19.4 Å². The lowest BCUT2D eigenvalue weighted by Crippen LogP contribution is -2.39. The number of carbonyl (C=O) groups excluding carboxylic acids is 2. The summed E-state index contributed by atoms with van der Waals surface area (Å²) in [5.74, 6) is -0.709. The van der Waals surface area contributed by atoms with Crippen LogP contribution in [0.15, 0.2) is 40.2 Å². The molecule has 3 heterocycles. The number of halogens is 1. The molecule has 9 heteroatoms. The highest BCUT2D eigenvalue weighted by Crippen LogP contribution is 2.28. The van der Waals surface area contributed by atoms with Crippen molar-refractivity contribution >= 4 is 34.9 Å². The molecule has 1 atom stereocenters. The molecule has 1 aromatic heterocycles. The number of amides is 2. The molecule has 0 spiro atoms. The van der Waals surface area contributed by atoms with Crippen LogP contribution in [-0.2, 0) is 0 Å². The number of rotatable bonds is 5. The minimum absolute atomic E-state index is 0.0587. The molecular formula is C21H22ClN5O3. The van der Waals surface area contributed by atoms with E-state index in [1.54, 1.807) is 12.1 Å². The number of aromatic amines is 1. The number of likely N-dealkylation sites (tertiary alicyclic amines) is 1. The predicted octanol–water partition coefficient (Wildman–Crippen LogP) is 2.15. The SMILES string of the molecule is CC1CCCN1CCN1C(=O)c2ccc(N=C(N)c3c(Cl)cc[nH]c3=O)cc2C1=O. The van der Waals surface area contributed by atoms with Crippen LogP contribution in [0.25, 0.3) is 0 Å². The van der Waals surface area contributed by atoms with Crippen LogP contribution in [0, 0.1) is 0 Å². The van der Waals surface area contributed by atoms with Crippen molar-refractivity contribution in [3.05, 3.63) is 62.5 Å². The minimum Gasteiger partial charge on any atom is -0.383 e. The average molecular weight is 428 g/mol. The average Bonchev–Trinajstić information content (AvgIpc) is 3.21. The van der Waals surface area contributed by atoms with Crippen LogP contribution in [-0.4, -0.2) is 58.1 Å². The first-order chi connectivity index (χ1) is 14.4. The summed E-state index contributed by atoms with van der Waals surface area (Å²) in [4.78, 5) is 47.8. The van der Waals surface area contributed by atoms with Crippen LogP contribution in [0.3, 0.4) is 0 Å². The Bertz CT molecular complexity index is 1110. The number of nitrogens with one attached hydrogen (secondary N) is 1. The number of pyridine rings is 1. The molecule has 2 amide bonds. The van der Waals surface area contributed by atoms with Gasteiger partial charge in [0.05, 0.1) is 21.8 Å². The van der Waals surface area contributed by atoms with Crippen molar-refractivity contribution in [2.45, 2.75) is 25.8 Å². The number of H-pyrrole nitrogens is 1. The van der Waals surface area contributed by atoms with E-state index in [9.17, 15) is 14.4 Å². The van der Waals surface area contributed by atoms with Gasteiger partial charge in [-0.3, -0.25) is 24.2 Å². The zero-order valence-corrected chi connectivity index (χ0v) is 17.3. The molecule has 0 bridgehead atoms. The third-order valence-corrected chi connectivity index (χ3v) is 5.99. The first-order valence-corrected chi connectivity index (χ1v) is 10.2. The van der Waals surface area contributed by atoms with Crippen LogP contribution in [0.5, 0.6) is 0 Å². The van der Waals surface area contributed by atoms with E-state index in [-0.39, 0.29) is 33.8 Å². The maximum absolute atomic E-state index is 12.8. The number of benzene rings is 1. The zero-order chi connectivity index (χ0) is 21.4. The molecule has 2 aliphatic heterocycles. The highest BCUT2D eigenvalue weighted by Gasteiger charge is 2.36. The van der Waals surface area contributed by atoms with Gasteiger partial charge in [0.25, 0.3) is 17.4 Å². The zero-order valence-electron chi connectivity index (χ0n) is 16.5. The number of aromatic nitrogens is 1. The molecule has 0 saturated carbocycles. The van der Waals surface area contributed by atoms with Crippen molar-refractivity contribution in [2.24, 2.45) is 10.7 Å². The molecule has 2 aromatic rings. The number of imide groups is 1. The predicted molar refractivity (Wildman–Crippen MR) is 115 cm³/mol. The molecule has 1 saturated heterocycles. The topological polar surface area (TPSA) is 112 Å². The summed E-state index contributed by atoms with van der Waals surface area (Å²) in [5.41, 5.74) is 6.57. The van der Waals surface area contributed by atoms with Gasteiger partial charge in [-0.15, -0.1) is 0 Å². The summed E-state index contributed by atoms with van der Waals surface area (Å²) in [7, 11) is 0. The van der Waals surface area contributed by atoms with Gasteiger partial charge in [0, 0.05) is 25.3 Å². The van der Waals surface area contributed by atoms with Gasteiger partial charge < -0.3 is 10.7 Å². The summed E-state index contributed by atoms with van der Waals surface area (Å²) >= 11 is 6.05. The minimum atomic E-state index is -0.460. The number of amidine groups is 1. The van der Waals surface area contributed by atoms with Crippen molar-refractivity contribution in [1.82, 2.24) is 14.8 Å². The molecule has 156 valence electrons. The summed E-state index contributed by atoms with van der Waals surface area (Å²) in [6.07, 6.45) is 3.69. The smallest absolute Gasteiger partial charge is 0.261 e. The largest absolute Gasteiger partial charge is 0.383 e. The fraction of sp³-hybridized carbons (Fsp3) is 0.333. The summed E-state index contributed by atoms with van der Waals surface area (Å²) < 4.78 is 0. The first-order valence-electron chi connectivity index (χ1n) is 9.83. The monoisotopic (exact) mass is 427 g/mol. The number of hydrogen-bond acceptors (Lipinski definition) is 5. The Morgan fingerprint density at radius 3 is 2.67 bits per heavy atom. The Hall–Kier alpha value is -2.97. The van der Waals surface area contributed by atoms with Crippen molar-refractivity contribution in [3.63, 3.8) is 0 Å². The Morgan fingerprint density at radius 1 is 1.20 bits per heavy atom. The van der Waals surface area contributed by atoms with Crippen LogP contribution < -0.4 is 11.3 Å². The van der Waals surface area contributed by atoms with Crippen LogP contribution in [0.2, 0.25) is 5.02 Å². The second-order valence-electron chi connectivity index (χ2n) is 7.55. The Morgan fingerprint density at radius 2 is 1.97 bits per heavy atom. The third-order valence-electron chi connectivity index (χ3n) is 5.67. The Labute approximate surface area is 178 Å². The third kappa shape index (κ3) is 3.64. The Balaban J connectivity index is 1.56. The van der Waals surface area contributed by atoms with Gasteiger partial charge >= 0.3 is 0 Å². The molecule has 1 aromatic carbocycles. The van der Waals surface area contributed by atoms with E-state index in [1.807, 2.05) is 0 Å². The maximum atomic E-state index is 12.8. The summed E-state index contributed by atoms with van der Waals surface area (Å²) in [5, 5.41) is 0.176. The number of hydrogen-bond donors (Lipinski definition) is 2. The van der Waals surface area contributed by atoms with E-state index in [1.165, 1.54) is 23.2 Å². The van der Waals surface area contributed by atoms with Gasteiger partial charge in [0.1, 0.15) is 11.4 Å². The molecule has 0 aliphatic carbocycles. The lowest BCUT2D eigenvalue weighted by atomic mass is 10.1. The highest BCUT2D eigenvalue weighted by molar-refractivity contribution is 6.34.